The molecule has 1 aromatic heterocycles. The van der Waals surface area contributed by atoms with E-state index in [1.165, 1.54) is 4.88 Å². The highest BCUT2D eigenvalue weighted by atomic mass is 32.1. The Morgan fingerprint density at radius 1 is 1.32 bits per heavy atom. The Morgan fingerprint density at radius 2 is 2.05 bits per heavy atom. The van der Waals surface area contributed by atoms with Crippen LogP contribution in [0.5, 0.6) is 5.75 Å². The van der Waals surface area contributed by atoms with Gasteiger partial charge in [-0.05, 0) is 31.0 Å². The minimum atomic E-state index is -0.00854. The number of rotatable bonds is 6. The van der Waals surface area contributed by atoms with Crippen molar-refractivity contribution in [2.24, 2.45) is 5.73 Å². The number of aromatic nitrogens is 1. The molecule has 2 N–H and O–H groups in total. The normalized spacial score (nSPS) is 12.4. The van der Waals surface area contributed by atoms with Crippen LogP contribution in [0.25, 0.3) is 0 Å². The molecule has 0 spiro atoms. The minimum absolute atomic E-state index is 0.00854. The molecule has 1 heterocycles. The van der Waals surface area contributed by atoms with Crippen molar-refractivity contribution < 1.29 is 4.74 Å². The lowest BCUT2D eigenvalue weighted by atomic mass is 10.1. The van der Waals surface area contributed by atoms with Crippen molar-refractivity contribution in [2.75, 3.05) is 6.61 Å². The van der Waals surface area contributed by atoms with Crippen LogP contribution in [0.2, 0.25) is 0 Å². The lowest BCUT2D eigenvalue weighted by Gasteiger charge is -2.11. The summed E-state index contributed by atoms with van der Waals surface area (Å²) in [4.78, 5) is 5.58. The Kier molecular flexibility index (Phi) is 4.93. The zero-order chi connectivity index (χ0) is 13.7. The summed E-state index contributed by atoms with van der Waals surface area (Å²) in [6.45, 7) is 4.91. The van der Waals surface area contributed by atoms with Gasteiger partial charge in [0, 0.05) is 23.5 Å². The Morgan fingerprint density at radius 3 is 2.63 bits per heavy atom. The highest BCUT2D eigenvalue weighted by Gasteiger charge is 2.09. The van der Waals surface area contributed by atoms with Gasteiger partial charge in [0.1, 0.15) is 5.75 Å². The minimum Gasteiger partial charge on any atom is -0.494 e. The van der Waals surface area contributed by atoms with Crippen LogP contribution in [0, 0.1) is 6.92 Å². The number of thiazole rings is 1. The maximum atomic E-state index is 6.21. The van der Waals surface area contributed by atoms with Crippen LogP contribution in [0.4, 0.5) is 0 Å². The second-order valence-electron chi connectivity index (χ2n) is 4.59. The van der Waals surface area contributed by atoms with Crippen LogP contribution >= 0.6 is 11.3 Å². The van der Waals surface area contributed by atoms with E-state index < -0.39 is 0 Å². The summed E-state index contributed by atoms with van der Waals surface area (Å²) in [5.41, 5.74) is 7.33. The van der Waals surface area contributed by atoms with Gasteiger partial charge in [-0.2, -0.15) is 0 Å². The molecule has 4 heteroatoms. The maximum Gasteiger partial charge on any atom is 0.119 e. The summed E-state index contributed by atoms with van der Waals surface area (Å²) >= 11 is 1.71. The van der Waals surface area contributed by atoms with E-state index in [-0.39, 0.29) is 6.04 Å². The zero-order valence-electron chi connectivity index (χ0n) is 11.4. The molecule has 1 unspecified atom stereocenters. The van der Waals surface area contributed by atoms with E-state index in [1.807, 2.05) is 30.5 Å². The van der Waals surface area contributed by atoms with Crippen molar-refractivity contribution in [3.8, 4) is 5.75 Å². The number of hydrogen-bond donors (Lipinski definition) is 1. The molecule has 1 atom stereocenters. The topological polar surface area (TPSA) is 48.1 Å². The van der Waals surface area contributed by atoms with Gasteiger partial charge < -0.3 is 10.5 Å². The van der Waals surface area contributed by atoms with Crippen LogP contribution in [-0.4, -0.2) is 11.6 Å². The average molecular weight is 276 g/mol. The first-order valence-corrected chi connectivity index (χ1v) is 7.40. The summed E-state index contributed by atoms with van der Waals surface area (Å²) in [7, 11) is 0. The molecule has 0 aliphatic carbocycles. The van der Waals surface area contributed by atoms with Crippen molar-refractivity contribution in [3.63, 3.8) is 0 Å². The molecule has 0 aliphatic rings. The van der Waals surface area contributed by atoms with Crippen LogP contribution in [0.15, 0.2) is 30.5 Å². The van der Waals surface area contributed by atoms with E-state index in [1.54, 1.807) is 11.3 Å². The zero-order valence-corrected chi connectivity index (χ0v) is 12.2. The fraction of sp³-hybridized carbons (Fsp3) is 0.400. The molecule has 2 aromatic rings. The molecule has 0 saturated heterocycles. The molecular weight excluding hydrogens is 256 g/mol. The van der Waals surface area contributed by atoms with Gasteiger partial charge in [0.05, 0.1) is 11.6 Å². The number of hydrogen-bond acceptors (Lipinski definition) is 4. The first kappa shape index (κ1) is 14.0. The molecule has 0 radical (unpaired) electrons. The van der Waals surface area contributed by atoms with Crippen LogP contribution in [0.3, 0.4) is 0 Å². The van der Waals surface area contributed by atoms with E-state index in [9.17, 15) is 0 Å². The Balaban J connectivity index is 1.97. The summed E-state index contributed by atoms with van der Waals surface area (Å²) in [6.07, 6.45) is 3.70. The maximum absolute atomic E-state index is 6.21. The van der Waals surface area contributed by atoms with Gasteiger partial charge in [-0.3, -0.25) is 0 Å². The third-order valence-electron chi connectivity index (χ3n) is 2.84. The molecule has 0 aliphatic heterocycles. The molecule has 0 amide bonds. The number of nitrogens with zero attached hydrogens (tertiary/aromatic N) is 1. The van der Waals surface area contributed by atoms with E-state index in [0.29, 0.717) is 0 Å². The predicted molar refractivity (Wildman–Crippen MR) is 79.7 cm³/mol. The van der Waals surface area contributed by atoms with Crippen LogP contribution in [-0.2, 0) is 6.42 Å². The van der Waals surface area contributed by atoms with Gasteiger partial charge in [0.15, 0.2) is 0 Å². The Bertz CT molecular complexity index is 507. The highest BCUT2D eigenvalue weighted by Crippen LogP contribution is 2.21. The number of benzene rings is 1. The number of nitrogens with two attached hydrogens (primary N) is 1. The molecular formula is C15H20N2OS. The van der Waals surface area contributed by atoms with Gasteiger partial charge in [-0.15, -0.1) is 11.3 Å². The van der Waals surface area contributed by atoms with Crippen molar-refractivity contribution in [1.29, 1.82) is 0 Å². The molecule has 0 bridgehead atoms. The quantitative estimate of drug-likeness (QED) is 0.878. The smallest absolute Gasteiger partial charge is 0.119 e. The van der Waals surface area contributed by atoms with Crippen LogP contribution in [0.1, 0.15) is 34.8 Å². The fourth-order valence-electron chi connectivity index (χ4n) is 1.83. The molecule has 1 aromatic carbocycles. The third kappa shape index (κ3) is 4.04. The first-order chi connectivity index (χ1) is 9.19. The van der Waals surface area contributed by atoms with Gasteiger partial charge >= 0.3 is 0 Å². The summed E-state index contributed by atoms with van der Waals surface area (Å²) in [5.74, 6) is 0.905. The van der Waals surface area contributed by atoms with Gasteiger partial charge in [0.25, 0.3) is 0 Å². The van der Waals surface area contributed by atoms with Gasteiger partial charge in [-0.1, -0.05) is 19.1 Å². The largest absolute Gasteiger partial charge is 0.494 e. The van der Waals surface area contributed by atoms with Crippen molar-refractivity contribution in [1.82, 2.24) is 4.98 Å². The highest BCUT2D eigenvalue weighted by molar-refractivity contribution is 7.11. The second kappa shape index (κ2) is 6.68. The molecule has 3 nitrogen and oxygen atoms in total. The summed E-state index contributed by atoms with van der Waals surface area (Å²) < 4.78 is 5.56. The first-order valence-electron chi connectivity index (χ1n) is 6.58. The lowest BCUT2D eigenvalue weighted by Crippen LogP contribution is -2.13. The van der Waals surface area contributed by atoms with E-state index in [4.69, 9.17) is 10.5 Å². The molecule has 0 fully saturated rings. The van der Waals surface area contributed by atoms with E-state index in [0.717, 1.165) is 35.8 Å². The lowest BCUT2D eigenvalue weighted by molar-refractivity contribution is 0.317. The third-order valence-corrected chi connectivity index (χ3v) is 3.78. The standard InChI is InChI=1S/C15H20N2OS/c1-3-8-18-13-6-4-12(5-7-13)14(16)9-15-17-10-11(2)19-15/h4-7,10,14H,3,8-9,16H2,1-2H3. The Labute approximate surface area is 118 Å². The number of ether oxygens (including phenoxy) is 1. The predicted octanol–water partition coefficient (Wildman–Crippen LogP) is 3.48. The van der Waals surface area contributed by atoms with E-state index in [2.05, 4.69) is 18.8 Å². The second-order valence-corrected chi connectivity index (χ2v) is 5.91. The number of aryl methyl sites for hydroxylation is 1. The van der Waals surface area contributed by atoms with Crippen molar-refractivity contribution >= 4 is 11.3 Å². The summed E-state index contributed by atoms with van der Waals surface area (Å²) in [6, 6.07) is 8.04. The fourth-order valence-corrected chi connectivity index (χ4v) is 2.68. The monoisotopic (exact) mass is 276 g/mol. The van der Waals surface area contributed by atoms with Gasteiger partial charge in [0.2, 0.25) is 0 Å². The van der Waals surface area contributed by atoms with Gasteiger partial charge in [-0.25, -0.2) is 4.98 Å². The van der Waals surface area contributed by atoms with Crippen LogP contribution < -0.4 is 10.5 Å². The molecule has 102 valence electrons. The van der Waals surface area contributed by atoms with Crippen molar-refractivity contribution in [2.45, 2.75) is 32.7 Å². The molecule has 2 rings (SSSR count). The molecule has 0 saturated carbocycles. The molecule has 19 heavy (non-hydrogen) atoms. The Hall–Kier alpha value is -1.39. The summed E-state index contributed by atoms with van der Waals surface area (Å²) in [5, 5.41) is 1.09. The van der Waals surface area contributed by atoms with Crippen molar-refractivity contribution in [3.05, 3.63) is 45.9 Å². The average Bonchev–Trinajstić information content (AvgIpc) is 2.82. The SMILES string of the molecule is CCCOc1ccc(C(N)Cc2ncc(C)s2)cc1. The van der Waals surface area contributed by atoms with E-state index >= 15 is 0 Å².